The van der Waals surface area contributed by atoms with Crippen LogP contribution in [0.1, 0.15) is 26.3 Å². The largest absolute Gasteiger partial charge is 0.389 e. The fourth-order valence-electron chi connectivity index (χ4n) is 2.96. The molecule has 1 aliphatic rings. The summed E-state index contributed by atoms with van der Waals surface area (Å²) in [7, 11) is 0. The Morgan fingerprint density at radius 3 is 2.76 bits per heavy atom. The van der Waals surface area contributed by atoms with Gasteiger partial charge in [0.2, 0.25) is 0 Å². The van der Waals surface area contributed by atoms with Gasteiger partial charge in [0.1, 0.15) is 0 Å². The summed E-state index contributed by atoms with van der Waals surface area (Å²) >= 11 is 0. The van der Waals surface area contributed by atoms with Crippen LogP contribution < -0.4 is 0 Å². The van der Waals surface area contributed by atoms with E-state index in [9.17, 15) is 5.11 Å². The van der Waals surface area contributed by atoms with Crippen LogP contribution in [0.3, 0.4) is 0 Å². The standard InChI is InChI=1S/C17H27NO3/c1-14-9-18(13-17(2,3)21-14)10-16(19)12-20-11-15-7-5-4-6-8-15/h4-8,14,16,19H,9-13H2,1-3H3. The van der Waals surface area contributed by atoms with Gasteiger partial charge in [-0.05, 0) is 26.3 Å². The van der Waals surface area contributed by atoms with Crippen LogP contribution in [0.5, 0.6) is 0 Å². The highest BCUT2D eigenvalue weighted by Gasteiger charge is 2.31. The Kier molecular flexibility index (Phi) is 5.76. The second-order valence-corrected chi connectivity index (χ2v) is 6.54. The lowest BCUT2D eigenvalue weighted by molar-refractivity contribution is -0.136. The lowest BCUT2D eigenvalue weighted by Gasteiger charge is -2.42. The summed E-state index contributed by atoms with van der Waals surface area (Å²) in [4.78, 5) is 2.25. The smallest absolute Gasteiger partial charge is 0.0900 e. The second-order valence-electron chi connectivity index (χ2n) is 6.54. The Balaban J connectivity index is 1.70. The lowest BCUT2D eigenvalue weighted by atomic mass is 10.1. The number of aliphatic hydroxyl groups is 1. The molecule has 0 saturated carbocycles. The van der Waals surface area contributed by atoms with Crippen molar-refractivity contribution in [2.75, 3.05) is 26.2 Å². The number of benzene rings is 1. The second kappa shape index (κ2) is 7.36. The highest BCUT2D eigenvalue weighted by molar-refractivity contribution is 5.13. The fraction of sp³-hybridized carbons (Fsp3) is 0.647. The third-order valence-electron chi connectivity index (χ3n) is 3.53. The molecule has 0 radical (unpaired) electrons. The van der Waals surface area contributed by atoms with Crippen LogP contribution in [-0.4, -0.2) is 54.1 Å². The number of aliphatic hydroxyl groups excluding tert-OH is 1. The molecule has 0 amide bonds. The maximum atomic E-state index is 10.1. The SMILES string of the molecule is CC1CN(CC(O)COCc2ccccc2)CC(C)(C)O1. The lowest BCUT2D eigenvalue weighted by Crippen LogP contribution is -2.53. The van der Waals surface area contributed by atoms with Crippen LogP contribution in [0.15, 0.2) is 30.3 Å². The summed E-state index contributed by atoms with van der Waals surface area (Å²) in [6.45, 7) is 9.50. The Morgan fingerprint density at radius 1 is 1.38 bits per heavy atom. The maximum Gasteiger partial charge on any atom is 0.0900 e. The van der Waals surface area contributed by atoms with Gasteiger partial charge in [-0.25, -0.2) is 0 Å². The summed E-state index contributed by atoms with van der Waals surface area (Å²) in [6.07, 6.45) is -0.263. The minimum absolute atomic E-state index is 0.151. The van der Waals surface area contributed by atoms with E-state index in [4.69, 9.17) is 9.47 Å². The molecule has 0 bridgehead atoms. The summed E-state index contributed by atoms with van der Waals surface area (Å²) in [5, 5.41) is 10.1. The molecule has 2 rings (SSSR count). The molecule has 1 aromatic rings. The summed E-state index contributed by atoms with van der Waals surface area (Å²) in [6, 6.07) is 10.0. The van der Waals surface area contributed by atoms with E-state index in [1.54, 1.807) is 0 Å². The molecule has 1 aromatic carbocycles. The number of ether oxygens (including phenoxy) is 2. The van der Waals surface area contributed by atoms with Crippen molar-refractivity contribution in [2.45, 2.75) is 45.2 Å². The number of nitrogens with zero attached hydrogens (tertiary/aromatic N) is 1. The van der Waals surface area contributed by atoms with E-state index >= 15 is 0 Å². The van der Waals surface area contributed by atoms with Gasteiger partial charge < -0.3 is 14.6 Å². The van der Waals surface area contributed by atoms with Crippen LogP contribution in [0.25, 0.3) is 0 Å². The van der Waals surface area contributed by atoms with Crippen molar-refractivity contribution in [1.82, 2.24) is 4.90 Å². The highest BCUT2D eigenvalue weighted by atomic mass is 16.5. The molecule has 1 saturated heterocycles. The summed E-state index contributed by atoms with van der Waals surface area (Å²) in [5.74, 6) is 0. The molecule has 1 N–H and O–H groups in total. The number of β-amino-alcohol motifs (C(OH)–C–C–N with tert-alkyl or cyclic N) is 1. The van der Waals surface area contributed by atoms with Gasteiger partial charge in [-0.3, -0.25) is 4.90 Å². The molecule has 118 valence electrons. The normalized spacial score (nSPS) is 23.9. The minimum atomic E-state index is -0.463. The first-order valence-electron chi connectivity index (χ1n) is 7.64. The highest BCUT2D eigenvalue weighted by Crippen LogP contribution is 2.20. The molecular weight excluding hydrogens is 266 g/mol. The quantitative estimate of drug-likeness (QED) is 0.872. The van der Waals surface area contributed by atoms with E-state index in [2.05, 4.69) is 25.7 Å². The van der Waals surface area contributed by atoms with Crippen molar-refractivity contribution >= 4 is 0 Å². The molecule has 2 atom stereocenters. The molecule has 0 spiro atoms. The maximum absolute atomic E-state index is 10.1. The fourth-order valence-corrected chi connectivity index (χ4v) is 2.96. The topological polar surface area (TPSA) is 41.9 Å². The summed E-state index contributed by atoms with van der Waals surface area (Å²) in [5.41, 5.74) is 0.980. The molecule has 21 heavy (non-hydrogen) atoms. The Hall–Kier alpha value is -0.940. The predicted octanol–water partition coefficient (Wildman–Crippen LogP) is 2.06. The van der Waals surface area contributed by atoms with Gasteiger partial charge in [0, 0.05) is 19.6 Å². The third-order valence-corrected chi connectivity index (χ3v) is 3.53. The van der Waals surface area contributed by atoms with Crippen molar-refractivity contribution in [2.24, 2.45) is 0 Å². The average molecular weight is 293 g/mol. The molecular formula is C17H27NO3. The minimum Gasteiger partial charge on any atom is -0.389 e. The molecule has 4 heteroatoms. The molecule has 0 aliphatic carbocycles. The van der Waals surface area contributed by atoms with Gasteiger partial charge in [-0.2, -0.15) is 0 Å². The first-order chi connectivity index (χ1) is 9.94. The summed E-state index contributed by atoms with van der Waals surface area (Å²) < 4.78 is 11.5. The Bertz CT molecular complexity index is 421. The van der Waals surface area contributed by atoms with Crippen molar-refractivity contribution in [1.29, 1.82) is 0 Å². The zero-order valence-corrected chi connectivity index (χ0v) is 13.3. The van der Waals surface area contributed by atoms with E-state index in [1.807, 2.05) is 30.3 Å². The molecule has 1 fully saturated rings. The molecule has 1 heterocycles. The number of rotatable bonds is 6. The van der Waals surface area contributed by atoms with E-state index in [0.29, 0.717) is 19.8 Å². The number of hydrogen-bond acceptors (Lipinski definition) is 4. The van der Waals surface area contributed by atoms with Crippen molar-refractivity contribution in [3.8, 4) is 0 Å². The van der Waals surface area contributed by atoms with Crippen molar-refractivity contribution in [3.63, 3.8) is 0 Å². The average Bonchev–Trinajstić information content (AvgIpc) is 2.37. The van der Waals surface area contributed by atoms with Crippen LogP contribution in [0.2, 0.25) is 0 Å². The third kappa shape index (κ3) is 5.75. The first kappa shape index (κ1) is 16.4. The van der Waals surface area contributed by atoms with Crippen LogP contribution >= 0.6 is 0 Å². The number of morpholine rings is 1. The van der Waals surface area contributed by atoms with E-state index in [1.165, 1.54) is 0 Å². The van der Waals surface area contributed by atoms with Crippen molar-refractivity contribution in [3.05, 3.63) is 35.9 Å². The van der Waals surface area contributed by atoms with E-state index in [0.717, 1.165) is 18.7 Å². The zero-order chi connectivity index (χ0) is 15.3. The van der Waals surface area contributed by atoms with Gasteiger partial charge in [-0.1, -0.05) is 30.3 Å². The first-order valence-corrected chi connectivity index (χ1v) is 7.64. The molecule has 4 nitrogen and oxygen atoms in total. The van der Waals surface area contributed by atoms with Crippen molar-refractivity contribution < 1.29 is 14.6 Å². The van der Waals surface area contributed by atoms with Gasteiger partial charge in [0.25, 0.3) is 0 Å². The predicted molar refractivity (Wildman–Crippen MR) is 83.2 cm³/mol. The van der Waals surface area contributed by atoms with Gasteiger partial charge in [0.05, 0.1) is 31.0 Å². The number of hydrogen-bond donors (Lipinski definition) is 1. The van der Waals surface area contributed by atoms with E-state index < -0.39 is 6.10 Å². The molecule has 0 aromatic heterocycles. The monoisotopic (exact) mass is 293 g/mol. The molecule has 1 aliphatic heterocycles. The Morgan fingerprint density at radius 2 is 2.10 bits per heavy atom. The van der Waals surface area contributed by atoms with Gasteiger partial charge in [-0.15, -0.1) is 0 Å². The van der Waals surface area contributed by atoms with Gasteiger partial charge >= 0.3 is 0 Å². The van der Waals surface area contributed by atoms with Crippen LogP contribution in [-0.2, 0) is 16.1 Å². The Labute approximate surface area is 127 Å². The van der Waals surface area contributed by atoms with Crippen LogP contribution in [0.4, 0.5) is 0 Å². The zero-order valence-electron chi connectivity index (χ0n) is 13.3. The van der Waals surface area contributed by atoms with Crippen LogP contribution in [0, 0.1) is 0 Å². The van der Waals surface area contributed by atoms with Gasteiger partial charge in [0.15, 0.2) is 0 Å². The van der Waals surface area contributed by atoms with E-state index in [-0.39, 0.29) is 11.7 Å². The molecule has 2 unspecified atom stereocenters.